The van der Waals surface area contributed by atoms with E-state index < -0.39 is 43.3 Å². The van der Waals surface area contributed by atoms with Gasteiger partial charge < -0.3 is 29.2 Å². The molecule has 0 unspecified atom stereocenters. The van der Waals surface area contributed by atoms with E-state index in [1.54, 1.807) is 30.3 Å². The van der Waals surface area contributed by atoms with Crippen LogP contribution in [0, 0.1) is 0 Å². The van der Waals surface area contributed by atoms with Crippen molar-refractivity contribution < 1.29 is 34.0 Å². The van der Waals surface area contributed by atoms with E-state index in [0.717, 1.165) is 5.56 Å². The fourth-order valence-electron chi connectivity index (χ4n) is 3.07. The van der Waals surface area contributed by atoms with Crippen LogP contribution in [0.1, 0.15) is 15.9 Å². The Morgan fingerprint density at radius 2 is 1.68 bits per heavy atom. The quantitative estimate of drug-likeness (QED) is 0.695. The number of carbonyl (C=O) groups is 1. The molecule has 0 amide bonds. The van der Waals surface area contributed by atoms with Gasteiger partial charge in [-0.05, 0) is 17.7 Å². The zero-order chi connectivity index (χ0) is 19.9. The maximum atomic E-state index is 12.5. The van der Waals surface area contributed by atoms with Crippen molar-refractivity contribution in [2.45, 2.75) is 37.3 Å². The number of hydrogen-bond donors (Lipinski definition) is 2. The minimum atomic E-state index is -1.27. The number of esters is 1. The molecule has 0 saturated carbocycles. The second-order valence-electron chi connectivity index (χ2n) is 6.45. The van der Waals surface area contributed by atoms with Crippen LogP contribution in [0.3, 0.4) is 0 Å². The zero-order valence-electron chi connectivity index (χ0n) is 15.5. The van der Waals surface area contributed by atoms with Crippen LogP contribution in [0.15, 0.2) is 60.7 Å². The number of benzene rings is 2. The topological polar surface area (TPSA) is 94.5 Å². The first-order valence-corrected chi connectivity index (χ1v) is 9.02. The summed E-state index contributed by atoms with van der Waals surface area (Å²) in [7, 11) is 1.42. The molecule has 150 valence electrons. The maximum absolute atomic E-state index is 12.5. The predicted octanol–water partition coefficient (Wildman–Crippen LogP) is 1.52. The first-order valence-electron chi connectivity index (χ1n) is 9.02. The summed E-state index contributed by atoms with van der Waals surface area (Å²) < 4.78 is 22.4. The molecule has 28 heavy (non-hydrogen) atoms. The molecule has 0 aromatic heterocycles. The lowest BCUT2D eigenvalue weighted by Gasteiger charge is -2.42. The van der Waals surface area contributed by atoms with Gasteiger partial charge in [0.2, 0.25) is 0 Å². The van der Waals surface area contributed by atoms with Crippen LogP contribution in [-0.2, 0) is 25.6 Å². The van der Waals surface area contributed by atoms with Crippen LogP contribution in [0.5, 0.6) is 0 Å². The van der Waals surface area contributed by atoms with E-state index in [0.29, 0.717) is 5.56 Å². The lowest BCUT2D eigenvalue weighted by molar-refractivity contribution is -0.304. The molecule has 1 aliphatic heterocycles. The lowest BCUT2D eigenvalue weighted by atomic mass is 9.98. The number of hydrogen-bond acceptors (Lipinski definition) is 7. The van der Waals surface area contributed by atoms with E-state index in [-0.39, 0.29) is 6.61 Å². The van der Waals surface area contributed by atoms with Crippen molar-refractivity contribution in [3.63, 3.8) is 0 Å². The Hall–Kier alpha value is -2.29. The Labute approximate surface area is 163 Å². The number of aliphatic hydroxyl groups is 2. The van der Waals surface area contributed by atoms with Crippen molar-refractivity contribution in [1.82, 2.24) is 0 Å². The molecule has 2 aromatic rings. The van der Waals surface area contributed by atoms with Gasteiger partial charge in [0.25, 0.3) is 0 Å². The van der Waals surface area contributed by atoms with Gasteiger partial charge in [-0.1, -0.05) is 48.5 Å². The number of carbonyl (C=O) groups excluding carboxylic acids is 1. The highest BCUT2D eigenvalue weighted by Crippen LogP contribution is 2.28. The summed E-state index contributed by atoms with van der Waals surface area (Å²) >= 11 is 0. The molecule has 1 heterocycles. The molecule has 2 N–H and O–H groups in total. The molecule has 3 rings (SSSR count). The standard InChI is InChI=1S/C21H24O7/c1-25-21-19(26-13-14-8-4-2-5-9-14)18(17(23)16(12-22)27-21)28-20(24)15-10-6-3-7-11-15/h2-11,16-19,21-23H,12-13H2,1H3/t16-,17-,18+,19-,21+/m1/s1. The summed E-state index contributed by atoms with van der Waals surface area (Å²) in [6.45, 7) is -0.240. The number of methoxy groups -OCH3 is 1. The smallest absolute Gasteiger partial charge is 0.338 e. The maximum Gasteiger partial charge on any atom is 0.338 e. The molecule has 0 bridgehead atoms. The van der Waals surface area contributed by atoms with Gasteiger partial charge in [-0.3, -0.25) is 0 Å². The fourth-order valence-corrected chi connectivity index (χ4v) is 3.07. The van der Waals surface area contributed by atoms with E-state index in [9.17, 15) is 15.0 Å². The van der Waals surface area contributed by atoms with Crippen molar-refractivity contribution in [2.75, 3.05) is 13.7 Å². The number of ether oxygens (including phenoxy) is 4. The van der Waals surface area contributed by atoms with Crippen LogP contribution in [0.4, 0.5) is 0 Å². The summed E-state index contributed by atoms with van der Waals surface area (Å²) in [6.07, 6.45) is -5.11. The molecular formula is C21H24O7. The van der Waals surface area contributed by atoms with Gasteiger partial charge in [0.15, 0.2) is 12.4 Å². The van der Waals surface area contributed by atoms with E-state index >= 15 is 0 Å². The molecule has 7 heteroatoms. The Morgan fingerprint density at radius 3 is 2.29 bits per heavy atom. The van der Waals surface area contributed by atoms with E-state index in [1.807, 2.05) is 30.3 Å². The van der Waals surface area contributed by atoms with Gasteiger partial charge in [-0.15, -0.1) is 0 Å². The van der Waals surface area contributed by atoms with Crippen molar-refractivity contribution in [3.8, 4) is 0 Å². The van der Waals surface area contributed by atoms with Crippen molar-refractivity contribution in [1.29, 1.82) is 0 Å². The molecule has 5 atom stereocenters. The molecule has 0 aliphatic carbocycles. The molecule has 0 spiro atoms. The highest BCUT2D eigenvalue weighted by Gasteiger charge is 2.48. The van der Waals surface area contributed by atoms with Gasteiger partial charge in [-0.2, -0.15) is 0 Å². The Morgan fingerprint density at radius 1 is 1.04 bits per heavy atom. The normalized spacial score (nSPS) is 27.3. The third-order valence-corrected chi connectivity index (χ3v) is 4.57. The number of aliphatic hydroxyl groups excluding tert-OH is 2. The van der Waals surface area contributed by atoms with E-state index in [4.69, 9.17) is 18.9 Å². The van der Waals surface area contributed by atoms with Crippen molar-refractivity contribution in [2.24, 2.45) is 0 Å². The third-order valence-electron chi connectivity index (χ3n) is 4.57. The molecule has 1 saturated heterocycles. The molecule has 2 aromatic carbocycles. The highest BCUT2D eigenvalue weighted by atomic mass is 16.7. The van der Waals surface area contributed by atoms with Gasteiger partial charge in [0, 0.05) is 7.11 Å². The van der Waals surface area contributed by atoms with E-state index in [1.165, 1.54) is 7.11 Å². The minimum absolute atomic E-state index is 0.213. The average Bonchev–Trinajstić information content (AvgIpc) is 2.75. The SMILES string of the molecule is CO[C@H]1O[C@H](CO)[C@@H](O)[C@H](OC(=O)c2ccccc2)[C@H]1OCc1ccccc1. The second kappa shape index (κ2) is 9.77. The molecule has 7 nitrogen and oxygen atoms in total. The zero-order valence-corrected chi connectivity index (χ0v) is 15.5. The van der Waals surface area contributed by atoms with Crippen molar-refractivity contribution in [3.05, 3.63) is 71.8 Å². The molecular weight excluding hydrogens is 364 g/mol. The predicted molar refractivity (Wildman–Crippen MR) is 99.4 cm³/mol. The first-order chi connectivity index (χ1) is 13.6. The number of rotatable bonds is 7. The van der Waals surface area contributed by atoms with Crippen LogP contribution < -0.4 is 0 Å². The average molecular weight is 388 g/mol. The van der Waals surface area contributed by atoms with Crippen LogP contribution in [0.25, 0.3) is 0 Å². The summed E-state index contributed by atoms with van der Waals surface area (Å²) in [5.74, 6) is -0.605. The summed E-state index contributed by atoms with van der Waals surface area (Å²) in [5.41, 5.74) is 1.25. The van der Waals surface area contributed by atoms with Gasteiger partial charge in [-0.25, -0.2) is 4.79 Å². The lowest BCUT2D eigenvalue weighted by Crippen LogP contribution is -2.61. The second-order valence-corrected chi connectivity index (χ2v) is 6.45. The summed E-state index contributed by atoms with van der Waals surface area (Å²) in [5, 5.41) is 20.1. The van der Waals surface area contributed by atoms with E-state index in [2.05, 4.69) is 0 Å². The van der Waals surface area contributed by atoms with Crippen LogP contribution in [-0.4, -0.2) is 60.6 Å². The Bertz CT molecular complexity index is 737. The monoisotopic (exact) mass is 388 g/mol. The Balaban J connectivity index is 1.79. The molecule has 0 radical (unpaired) electrons. The fraction of sp³-hybridized carbons (Fsp3) is 0.381. The van der Waals surface area contributed by atoms with Crippen LogP contribution in [0.2, 0.25) is 0 Å². The van der Waals surface area contributed by atoms with Gasteiger partial charge in [0.05, 0.1) is 18.8 Å². The summed E-state index contributed by atoms with van der Waals surface area (Å²) in [6, 6.07) is 17.9. The highest BCUT2D eigenvalue weighted by molar-refractivity contribution is 5.89. The minimum Gasteiger partial charge on any atom is -0.453 e. The third kappa shape index (κ3) is 4.76. The van der Waals surface area contributed by atoms with Gasteiger partial charge >= 0.3 is 5.97 Å². The summed E-state index contributed by atoms with van der Waals surface area (Å²) in [4.78, 5) is 12.5. The first kappa shape index (κ1) is 20.4. The Kier molecular flexibility index (Phi) is 7.13. The van der Waals surface area contributed by atoms with Gasteiger partial charge in [0.1, 0.15) is 18.3 Å². The van der Waals surface area contributed by atoms with Crippen LogP contribution >= 0.6 is 0 Å². The molecule has 1 aliphatic rings. The van der Waals surface area contributed by atoms with Crippen molar-refractivity contribution >= 4 is 5.97 Å². The largest absolute Gasteiger partial charge is 0.453 e. The molecule has 1 fully saturated rings.